The average molecular weight is 394 g/mol. The van der Waals surface area contributed by atoms with Gasteiger partial charge in [-0.25, -0.2) is 0 Å². The highest BCUT2D eigenvalue weighted by Crippen LogP contribution is 2.22. The number of rotatable bonds is 10. The molecule has 0 amide bonds. The summed E-state index contributed by atoms with van der Waals surface area (Å²) in [5.74, 6) is 0.469. The van der Waals surface area contributed by atoms with Crippen molar-refractivity contribution in [2.75, 3.05) is 12.5 Å². The van der Waals surface area contributed by atoms with Crippen molar-refractivity contribution in [1.29, 1.82) is 0 Å². The molecule has 0 aliphatic heterocycles. The zero-order valence-electron chi connectivity index (χ0n) is 14.9. The van der Waals surface area contributed by atoms with E-state index in [4.69, 9.17) is 28.7 Å². The van der Waals surface area contributed by atoms with Crippen molar-refractivity contribution in [2.24, 2.45) is 0 Å². The molecule has 5 nitrogen and oxygen atoms in total. The highest BCUT2D eigenvalue weighted by molar-refractivity contribution is 6.84. The Morgan fingerprint density at radius 2 is 1.57 bits per heavy atom. The number of hydrogen-bond acceptors (Lipinski definition) is 5. The molecule has 0 N–H and O–H groups in total. The van der Waals surface area contributed by atoms with E-state index in [1.165, 1.54) is 0 Å². The van der Waals surface area contributed by atoms with Crippen LogP contribution in [0.1, 0.15) is 5.56 Å². The zero-order valence-corrected chi connectivity index (χ0v) is 18.6. The van der Waals surface area contributed by atoms with Crippen LogP contribution in [0.4, 0.5) is 0 Å². The summed E-state index contributed by atoms with van der Waals surface area (Å²) >= 11 is 5.69. The number of pyridine rings is 1. The molecule has 132 valence electrons. The predicted molar refractivity (Wildman–Crippen MR) is 100 cm³/mol. The van der Waals surface area contributed by atoms with Gasteiger partial charge in [-0.2, -0.15) is 0 Å². The molecule has 23 heavy (non-hydrogen) atoms. The largest absolute Gasteiger partial charge is 0.415 e. The third kappa shape index (κ3) is 9.11. The summed E-state index contributed by atoms with van der Waals surface area (Å²) in [7, 11) is -6.89. The van der Waals surface area contributed by atoms with Crippen LogP contribution in [-0.4, -0.2) is 43.2 Å². The van der Waals surface area contributed by atoms with E-state index in [1.54, 1.807) is 12.4 Å². The summed E-state index contributed by atoms with van der Waals surface area (Å²) in [6.07, 6.45) is 3.56. The van der Waals surface area contributed by atoms with Gasteiger partial charge in [-0.3, -0.25) is 4.98 Å². The summed E-state index contributed by atoms with van der Waals surface area (Å²) in [6, 6.07) is 3.89. The van der Waals surface area contributed by atoms with E-state index in [0.29, 0.717) is 19.1 Å². The van der Waals surface area contributed by atoms with E-state index in [1.807, 2.05) is 51.4 Å². The predicted octanol–water partition coefficient (Wildman–Crippen LogP) is 3.99. The molecule has 0 spiro atoms. The molecule has 0 saturated carbocycles. The lowest BCUT2D eigenvalue weighted by molar-refractivity contribution is 0.203. The lowest BCUT2D eigenvalue weighted by atomic mass is 10.3. The van der Waals surface area contributed by atoms with Crippen molar-refractivity contribution < 1.29 is 17.1 Å². The topological polar surface area (TPSA) is 49.8 Å². The number of hydrogen-bond donors (Lipinski definition) is 0. The van der Waals surface area contributed by atoms with E-state index >= 15 is 0 Å². The van der Waals surface area contributed by atoms with Gasteiger partial charge >= 0.3 is 25.7 Å². The second-order valence-corrected chi connectivity index (χ2v) is 17.6. The number of aromatic nitrogens is 1. The monoisotopic (exact) mass is 393 g/mol. The summed E-state index contributed by atoms with van der Waals surface area (Å²) in [4.78, 5) is 4.09. The molecule has 0 unspecified atom stereocenters. The first-order valence-corrected chi connectivity index (χ1v) is 16.7. The molecular weight excluding hydrogens is 366 g/mol. The van der Waals surface area contributed by atoms with Gasteiger partial charge in [0.05, 0.1) is 6.61 Å². The van der Waals surface area contributed by atoms with E-state index < -0.39 is 25.7 Å². The van der Waals surface area contributed by atoms with Gasteiger partial charge in [0.2, 0.25) is 0 Å². The molecule has 0 fully saturated rings. The van der Waals surface area contributed by atoms with Crippen molar-refractivity contribution in [1.82, 2.24) is 4.98 Å². The zero-order chi connectivity index (χ0) is 17.6. The summed E-state index contributed by atoms with van der Waals surface area (Å²) in [6.45, 7) is 13.2. The Hall–Kier alpha value is -0.0694. The molecule has 1 aromatic heterocycles. The third-order valence-electron chi connectivity index (χ3n) is 2.82. The first-order chi connectivity index (χ1) is 10.6. The minimum atomic E-state index is -2.35. The van der Waals surface area contributed by atoms with E-state index in [9.17, 15) is 0 Å². The van der Waals surface area contributed by atoms with Crippen LogP contribution in [0, 0.1) is 0 Å². The molecule has 0 aliphatic rings. The summed E-state index contributed by atoms with van der Waals surface area (Å²) < 4.78 is 24.3. The smallest absolute Gasteiger partial charge is 0.323 e. The van der Waals surface area contributed by atoms with Crippen LogP contribution in [0.5, 0.6) is 0 Å². The highest BCUT2D eigenvalue weighted by atomic mass is 35.5. The Bertz CT molecular complexity index is 474. The maximum atomic E-state index is 6.30. The van der Waals surface area contributed by atoms with Crippen molar-refractivity contribution in [3.05, 3.63) is 30.1 Å². The summed E-state index contributed by atoms with van der Waals surface area (Å²) in [5.41, 5.74) is 1.04. The number of alkyl halides is 1. The Morgan fingerprint density at radius 3 is 2.09 bits per heavy atom. The Labute approximate surface area is 148 Å². The summed E-state index contributed by atoms with van der Waals surface area (Å²) in [5, 5.41) is 0. The normalized spacial score (nSPS) is 13.3. The Balaban J connectivity index is 2.56. The van der Waals surface area contributed by atoms with Gasteiger partial charge in [-0.05, 0) is 50.9 Å². The standard InChI is InChI=1S/C14H28ClNO4Si3/c1-21(2,17-11-9-15)19-23(5,6)20-22(3,4)18-13-14-8-7-10-16-12-14/h7-8,10,12H,9,11,13H2,1-6H3. The van der Waals surface area contributed by atoms with Crippen LogP contribution >= 0.6 is 11.6 Å². The minimum absolute atomic E-state index is 0.469. The van der Waals surface area contributed by atoms with Crippen LogP contribution in [0.15, 0.2) is 24.5 Å². The molecule has 1 heterocycles. The maximum Gasteiger partial charge on any atom is 0.323 e. The first-order valence-electron chi connectivity index (χ1n) is 7.68. The molecule has 0 bridgehead atoms. The van der Waals surface area contributed by atoms with Gasteiger partial charge in [0, 0.05) is 24.9 Å². The van der Waals surface area contributed by atoms with Crippen LogP contribution in [0.2, 0.25) is 39.3 Å². The van der Waals surface area contributed by atoms with Gasteiger partial charge in [0.1, 0.15) is 0 Å². The molecule has 0 radical (unpaired) electrons. The van der Waals surface area contributed by atoms with Crippen molar-refractivity contribution in [3.63, 3.8) is 0 Å². The third-order valence-corrected chi connectivity index (χ3v) is 12.6. The average Bonchev–Trinajstić information content (AvgIpc) is 2.42. The van der Waals surface area contributed by atoms with Gasteiger partial charge in [0.15, 0.2) is 0 Å². The van der Waals surface area contributed by atoms with Crippen LogP contribution < -0.4 is 0 Å². The fourth-order valence-electron chi connectivity index (χ4n) is 2.29. The van der Waals surface area contributed by atoms with Gasteiger partial charge in [0.25, 0.3) is 0 Å². The van der Waals surface area contributed by atoms with Gasteiger partial charge < -0.3 is 17.1 Å². The molecule has 0 aliphatic carbocycles. The van der Waals surface area contributed by atoms with Crippen molar-refractivity contribution in [2.45, 2.75) is 45.9 Å². The molecule has 0 saturated heterocycles. The molecule has 1 aromatic rings. The Kier molecular flexibility index (Phi) is 8.08. The lowest BCUT2D eigenvalue weighted by Crippen LogP contribution is -2.54. The van der Waals surface area contributed by atoms with Gasteiger partial charge in [-0.1, -0.05) is 6.07 Å². The minimum Gasteiger partial charge on any atom is -0.415 e. The molecule has 9 heteroatoms. The first kappa shape index (κ1) is 21.0. The molecule has 0 atom stereocenters. The SMILES string of the molecule is C[Si](C)(OCCCl)O[Si](C)(C)O[Si](C)(C)OCc1cccnc1. The van der Waals surface area contributed by atoms with Crippen molar-refractivity contribution >= 4 is 37.3 Å². The second kappa shape index (κ2) is 8.86. The fourth-order valence-corrected chi connectivity index (χ4v) is 14.1. The van der Waals surface area contributed by atoms with Crippen LogP contribution in [-0.2, 0) is 23.7 Å². The fraction of sp³-hybridized carbons (Fsp3) is 0.643. The van der Waals surface area contributed by atoms with Crippen LogP contribution in [0.3, 0.4) is 0 Å². The van der Waals surface area contributed by atoms with Gasteiger partial charge in [-0.15, -0.1) is 11.6 Å². The molecular formula is C14H28ClNO4Si3. The molecule has 1 rings (SSSR count). The van der Waals surface area contributed by atoms with E-state index in [0.717, 1.165) is 5.56 Å². The quantitative estimate of drug-likeness (QED) is 0.444. The number of nitrogens with zero attached hydrogens (tertiary/aromatic N) is 1. The van der Waals surface area contributed by atoms with Crippen molar-refractivity contribution in [3.8, 4) is 0 Å². The highest BCUT2D eigenvalue weighted by Gasteiger charge is 2.41. The Morgan fingerprint density at radius 1 is 0.957 bits per heavy atom. The lowest BCUT2D eigenvalue weighted by Gasteiger charge is -2.37. The number of halogens is 1. The van der Waals surface area contributed by atoms with E-state index in [-0.39, 0.29) is 0 Å². The van der Waals surface area contributed by atoms with Crippen LogP contribution in [0.25, 0.3) is 0 Å². The molecule has 0 aromatic carbocycles. The maximum absolute atomic E-state index is 6.30. The second-order valence-electron chi connectivity index (χ2n) is 6.59. The van der Waals surface area contributed by atoms with E-state index in [2.05, 4.69) is 4.98 Å².